The maximum absolute atomic E-state index is 9.00. The molecule has 0 N–H and O–H groups in total. The van der Waals surface area contributed by atoms with Gasteiger partial charge < -0.3 is 4.74 Å². The van der Waals surface area contributed by atoms with Gasteiger partial charge in [-0.2, -0.15) is 5.26 Å². The summed E-state index contributed by atoms with van der Waals surface area (Å²) in [5, 5.41) is 9.53. The Kier molecular flexibility index (Phi) is 3.32. The summed E-state index contributed by atoms with van der Waals surface area (Å²) in [7, 11) is 0. The third kappa shape index (κ3) is 2.58. The summed E-state index contributed by atoms with van der Waals surface area (Å²) in [5.41, 5.74) is 1.45. The lowest BCUT2D eigenvalue weighted by atomic mass is 10.2. The van der Waals surface area contributed by atoms with E-state index in [1.165, 1.54) is 0 Å². The molecular weight excluding hydrogens is 234 g/mol. The second kappa shape index (κ2) is 4.90. The van der Waals surface area contributed by atoms with E-state index in [2.05, 4.69) is 6.07 Å². The van der Waals surface area contributed by atoms with Crippen molar-refractivity contribution in [1.82, 2.24) is 0 Å². The molecule has 0 heterocycles. The maximum Gasteiger partial charge on any atom is 0.145 e. The van der Waals surface area contributed by atoms with Crippen LogP contribution in [0.25, 0.3) is 0 Å². The van der Waals surface area contributed by atoms with E-state index < -0.39 is 0 Å². The lowest BCUT2D eigenvalue weighted by Crippen LogP contribution is -1.90. The van der Waals surface area contributed by atoms with Crippen LogP contribution in [0.15, 0.2) is 42.5 Å². The second-order valence-corrected chi connectivity index (χ2v) is 4.06. The van der Waals surface area contributed by atoms with Crippen LogP contribution >= 0.6 is 11.6 Å². The number of benzene rings is 2. The van der Waals surface area contributed by atoms with Crippen LogP contribution in [0.4, 0.5) is 0 Å². The number of hydrogen-bond donors (Lipinski definition) is 0. The molecule has 2 rings (SSSR count). The topological polar surface area (TPSA) is 33.0 Å². The standard InChI is InChI=1S/C14H10ClNO/c1-10-4-2-3-5-13(10)17-14-7-6-12(15)8-11(14)9-16/h2-8H,1H3. The van der Waals surface area contributed by atoms with Crippen molar-refractivity contribution in [3.63, 3.8) is 0 Å². The maximum atomic E-state index is 9.00. The van der Waals surface area contributed by atoms with Crippen LogP contribution in [0.5, 0.6) is 11.5 Å². The minimum Gasteiger partial charge on any atom is -0.456 e. The highest BCUT2D eigenvalue weighted by Gasteiger charge is 2.06. The average Bonchev–Trinajstić information content (AvgIpc) is 2.34. The highest BCUT2D eigenvalue weighted by molar-refractivity contribution is 6.30. The van der Waals surface area contributed by atoms with Crippen molar-refractivity contribution < 1.29 is 4.74 Å². The first-order valence-corrected chi connectivity index (χ1v) is 5.51. The summed E-state index contributed by atoms with van der Waals surface area (Å²) in [6, 6.07) is 14.7. The number of halogens is 1. The molecule has 2 aromatic rings. The molecule has 0 aromatic heterocycles. The third-order valence-corrected chi connectivity index (χ3v) is 2.61. The Morgan fingerprint density at radius 3 is 2.59 bits per heavy atom. The van der Waals surface area contributed by atoms with Crippen LogP contribution in [0.2, 0.25) is 5.02 Å². The van der Waals surface area contributed by atoms with Gasteiger partial charge in [-0.15, -0.1) is 0 Å². The van der Waals surface area contributed by atoms with Gasteiger partial charge in [-0.25, -0.2) is 0 Å². The predicted octanol–water partition coefficient (Wildman–Crippen LogP) is 4.31. The zero-order valence-corrected chi connectivity index (χ0v) is 10.0. The van der Waals surface area contributed by atoms with E-state index in [0.717, 1.165) is 11.3 Å². The Hall–Kier alpha value is -1.98. The van der Waals surface area contributed by atoms with Crippen molar-refractivity contribution in [2.45, 2.75) is 6.92 Å². The molecule has 0 aliphatic carbocycles. The van der Waals surface area contributed by atoms with Gasteiger partial charge in [-0.3, -0.25) is 0 Å². The molecule has 84 valence electrons. The summed E-state index contributed by atoms with van der Waals surface area (Å²) in [4.78, 5) is 0. The molecule has 0 aliphatic heterocycles. The van der Waals surface area contributed by atoms with Crippen molar-refractivity contribution in [2.75, 3.05) is 0 Å². The normalized spacial score (nSPS) is 9.71. The molecule has 3 heteroatoms. The van der Waals surface area contributed by atoms with Gasteiger partial charge >= 0.3 is 0 Å². The fourth-order valence-corrected chi connectivity index (χ4v) is 1.64. The average molecular weight is 244 g/mol. The van der Waals surface area contributed by atoms with Gasteiger partial charge in [-0.05, 0) is 36.8 Å². The summed E-state index contributed by atoms with van der Waals surface area (Å²) >= 11 is 5.82. The van der Waals surface area contributed by atoms with Gasteiger partial charge in [0.05, 0.1) is 5.56 Å². The zero-order valence-electron chi connectivity index (χ0n) is 9.27. The Balaban J connectivity index is 2.37. The van der Waals surface area contributed by atoms with Gasteiger partial charge in [0.1, 0.15) is 17.6 Å². The summed E-state index contributed by atoms with van der Waals surface area (Å²) in [6.07, 6.45) is 0. The number of para-hydroxylation sites is 1. The van der Waals surface area contributed by atoms with E-state index in [4.69, 9.17) is 21.6 Å². The first-order chi connectivity index (χ1) is 8.20. The second-order valence-electron chi connectivity index (χ2n) is 3.62. The monoisotopic (exact) mass is 243 g/mol. The van der Waals surface area contributed by atoms with Crippen LogP contribution in [0.1, 0.15) is 11.1 Å². The van der Waals surface area contributed by atoms with E-state index in [0.29, 0.717) is 16.3 Å². The molecule has 0 bridgehead atoms. The summed E-state index contributed by atoms with van der Waals surface area (Å²) in [5.74, 6) is 1.26. The number of nitrogens with zero attached hydrogens (tertiary/aromatic N) is 1. The molecule has 0 unspecified atom stereocenters. The number of nitriles is 1. The number of ether oxygens (including phenoxy) is 1. The van der Waals surface area contributed by atoms with Gasteiger partial charge in [0.2, 0.25) is 0 Å². The zero-order chi connectivity index (χ0) is 12.3. The first-order valence-electron chi connectivity index (χ1n) is 5.14. The fourth-order valence-electron chi connectivity index (χ4n) is 1.47. The molecule has 17 heavy (non-hydrogen) atoms. The van der Waals surface area contributed by atoms with Crippen LogP contribution in [0, 0.1) is 18.3 Å². The van der Waals surface area contributed by atoms with Crippen molar-refractivity contribution in [2.24, 2.45) is 0 Å². The summed E-state index contributed by atoms with van der Waals surface area (Å²) < 4.78 is 5.71. The van der Waals surface area contributed by atoms with E-state index in [9.17, 15) is 0 Å². The van der Waals surface area contributed by atoms with Gasteiger partial charge in [-0.1, -0.05) is 29.8 Å². The quantitative estimate of drug-likeness (QED) is 0.787. The first kappa shape index (κ1) is 11.5. The molecular formula is C14H10ClNO. The highest BCUT2D eigenvalue weighted by atomic mass is 35.5. The van der Waals surface area contributed by atoms with Crippen molar-refractivity contribution in [3.8, 4) is 17.6 Å². The lowest BCUT2D eigenvalue weighted by Gasteiger charge is -2.09. The Labute approximate surface area is 105 Å². The highest BCUT2D eigenvalue weighted by Crippen LogP contribution is 2.29. The molecule has 0 aliphatic rings. The van der Waals surface area contributed by atoms with E-state index >= 15 is 0 Å². The number of hydrogen-bond acceptors (Lipinski definition) is 2. The van der Waals surface area contributed by atoms with E-state index in [-0.39, 0.29) is 0 Å². The SMILES string of the molecule is Cc1ccccc1Oc1ccc(Cl)cc1C#N. The summed E-state index contributed by atoms with van der Waals surface area (Å²) in [6.45, 7) is 1.96. The fraction of sp³-hybridized carbons (Fsp3) is 0.0714. The Morgan fingerprint density at radius 1 is 1.12 bits per heavy atom. The van der Waals surface area contributed by atoms with E-state index in [1.807, 2.05) is 31.2 Å². The largest absolute Gasteiger partial charge is 0.456 e. The molecule has 0 spiro atoms. The minimum atomic E-state index is 0.431. The van der Waals surface area contributed by atoms with Crippen LogP contribution < -0.4 is 4.74 Å². The molecule has 0 fully saturated rings. The molecule has 0 saturated carbocycles. The van der Waals surface area contributed by atoms with E-state index in [1.54, 1.807) is 18.2 Å². The van der Waals surface area contributed by atoms with Crippen LogP contribution in [0.3, 0.4) is 0 Å². The Bertz CT molecular complexity index is 587. The van der Waals surface area contributed by atoms with Crippen LogP contribution in [-0.2, 0) is 0 Å². The molecule has 0 saturated heterocycles. The lowest BCUT2D eigenvalue weighted by molar-refractivity contribution is 0.477. The molecule has 2 aromatic carbocycles. The van der Waals surface area contributed by atoms with Gasteiger partial charge in [0, 0.05) is 5.02 Å². The molecule has 0 radical (unpaired) electrons. The smallest absolute Gasteiger partial charge is 0.145 e. The molecule has 2 nitrogen and oxygen atoms in total. The molecule has 0 atom stereocenters. The third-order valence-electron chi connectivity index (χ3n) is 2.38. The van der Waals surface area contributed by atoms with Gasteiger partial charge in [0.25, 0.3) is 0 Å². The number of aryl methyl sites for hydroxylation is 1. The van der Waals surface area contributed by atoms with Gasteiger partial charge in [0.15, 0.2) is 0 Å². The number of rotatable bonds is 2. The minimum absolute atomic E-state index is 0.431. The van der Waals surface area contributed by atoms with Crippen molar-refractivity contribution in [3.05, 3.63) is 58.6 Å². The molecule has 0 amide bonds. The Morgan fingerprint density at radius 2 is 1.88 bits per heavy atom. The predicted molar refractivity (Wildman–Crippen MR) is 67.4 cm³/mol. The van der Waals surface area contributed by atoms with Crippen molar-refractivity contribution >= 4 is 11.6 Å². The van der Waals surface area contributed by atoms with Crippen molar-refractivity contribution in [1.29, 1.82) is 5.26 Å². The van der Waals surface area contributed by atoms with Crippen LogP contribution in [-0.4, -0.2) is 0 Å².